The van der Waals surface area contributed by atoms with Crippen LogP contribution >= 0.6 is 22.6 Å². The van der Waals surface area contributed by atoms with Gasteiger partial charge >= 0.3 is 0 Å². The van der Waals surface area contributed by atoms with Crippen LogP contribution in [0.3, 0.4) is 0 Å². The summed E-state index contributed by atoms with van der Waals surface area (Å²) in [5.74, 6) is 0. The van der Waals surface area contributed by atoms with E-state index in [2.05, 4.69) is 58.0 Å². The zero-order valence-electron chi connectivity index (χ0n) is 8.37. The van der Waals surface area contributed by atoms with Crippen molar-refractivity contribution in [3.8, 4) is 0 Å². The molecule has 0 saturated heterocycles. The molecule has 1 N–H and O–H groups in total. The quantitative estimate of drug-likeness (QED) is 0.855. The van der Waals surface area contributed by atoms with Crippen LogP contribution in [0.25, 0.3) is 0 Å². The van der Waals surface area contributed by atoms with E-state index in [-0.39, 0.29) is 0 Å². The molecule has 15 heavy (non-hydrogen) atoms. The molecule has 0 atom stereocenters. The second-order valence-electron chi connectivity index (χ2n) is 3.32. The summed E-state index contributed by atoms with van der Waals surface area (Å²) in [4.78, 5) is 3.99. The molecule has 1 heterocycles. The van der Waals surface area contributed by atoms with Crippen LogP contribution in [0, 0.1) is 10.5 Å². The molecule has 1 aromatic heterocycles. The van der Waals surface area contributed by atoms with Crippen LogP contribution in [0.2, 0.25) is 0 Å². The first-order valence-electron chi connectivity index (χ1n) is 4.69. The fourth-order valence-corrected chi connectivity index (χ4v) is 1.81. The van der Waals surface area contributed by atoms with E-state index in [9.17, 15) is 0 Å². The number of rotatable bonds is 2. The van der Waals surface area contributed by atoms with Crippen LogP contribution in [0.5, 0.6) is 0 Å². The van der Waals surface area contributed by atoms with Crippen molar-refractivity contribution in [2.45, 2.75) is 6.92 Å². The number of pyridine rings is 1. The number of hydrogen-bond acceptors (Lipinski definition) is 2. The summed E-state index contributed by atoms with van der Waals surface area (Å²) in [5.41, 5.74) is 3.45. The average Bonchev–Trinajstić information content (AvgIpc) is 2.25. The second-order valence-corrected chi connectivity index (χ2v) is 4.57. The van der Waals surface area contributed by atoms with Gasteiger partial charge in [0, 0.05) is 27.3 Å². The molecule has 0 radical (unpaired) electrons. The monoisotopic (exact) mass is 310 g/mol. The Morgan fingerprint density at radius 1 is 1.13 bits per heavy atom. The topological polar surface area (TPSA) is 24.9 Å². The van der Waals surface area contributed by atoms with Crippen LogP contribution in [0.15, 0.2) is 42.7 Å². The first-order valence-corrected chi connectivity index (χ1v) is 5.77. The highest BCUT2D eigenvalue weighted by molar-refractivity contribution is 14.1. The maximum atomic E-state index is 3.99. The second kappa shape index (κ2) is 4.61. The van der Waals surface area contributed by atoms with Gasteiger partial charge in [0.25, 0.3) is 0 Å². The fraction of sp³-hybridized carbons (Fsp3) is 0.0833. The van der Waals surface area contributed by atoms with Crippen LogP contribution in [0.4, 0.5) is 11.4 Å². The van der Waals surface area contributed by atoms with Crippen molar-refractivity contribution >= 4 is 34.0 Å². The summed E-state index contributed by atoms with van der Waals surface area (Å²) in [6.07, 6.45) is 3.57. The Morgan fingerprint density at radius 2 is 1.87 bits per heavy atom. The number of nitrogens with one attached hydrogen (secondary N) is 1. The van der Waals surface area contributed by atoms with Crippen molar-refractivity contribution in [3.05, 3.63) is 51.9 Å². The number of hydrogen-bond donors (Lipinski definition) is 1. The van der Waals surface area contributed by atoms with E-state index >= 15 is 0 Å². The van der Waals surface area contributed by atoms with E-state index in [0.717, 1.165) is 11.4 Å². The third-order valence-corrected chi connectivity index (χ3v) is 2.83. The summed E-state index contributed by atoms with van der Waals surface area (Å²) in [6.45, 7) is 2.10. The van der Waals surface area contributed by atoms with Gasteiger partial charge < -0.3 is 5.32 Å². The van der Waals surface area contributed by atoms with Gasteiger partial charge in [0.1, 0.15) is 0 Å². The molecule has 0 aliphatic carbocycles. The highest BCUT2D eigenvalue weighted by atomic mass is 127. The van der Waals surface area contributed by atoms with Gasteiger partial charge in [0.2, 0.25) is 0 Å². The minimum atomic E-state index is 1.06. The van der Waals surface area contributed by atoms with Gasteiger partial charge in [0.05, 0.1) is 0 Å². The maximum absolute atomic E-state index is 3.99. The first-order chi connectivity index (χ1) is 7.25. The molecule has 0 fully saturated rings. The molecule has 76 valence electrons. The lowest BCUT2D eigenvalue weighted by molar-refractivity contribution is 1.32. The third kappa shape index (κ3) is 2.68. The van der Waals surface area contributed by atoms with Gasteiger partial charge in [-0.15, -0.1) is 0 Å². The summed E-state index contributed by atoms with van der Waals surface area (Å²) >= 11 is 2.31. The van der Waals surface area contributed by atoms with Gasteiger partial charge in [-0.2, -0.15) is 0 Å². The Morgan fingerprint density at radius 3 is 2.60 bits per heavy atom. The SMILES string of the molecule is Cc1ccc(I)cc1Nc1ccncc1. The lowest BCUT2D eigenvalue weighted by Gasteiger charge is -2.09. The smallest absolute Gasteiger partial charge is 0.0424 e. The fourth-order valence-electron chi connectivity index (χ4n) is 1.32. The van der Waals surface area contributed by atoms with E-state index in [1.54, 1.807) is 12.4 Å². The molecule has 2 aromatic rings. The van der Waals surface area contributed by atoms with Gasteiger partial charge in [-0.3, -0.25) is 4.98 Å². The zero-order valence-corrected chi connectivity index (χ0v) is 10.5. The molecule has 0 aliphatic heterocycles. The molecule has 0 aliphatic rings. The minimum absolute atomic E-state index is 1.06. The molecule has 0 unspecified atom stereocenters. The summed E-state index contributed by atoms with van der Waals surface area (Å²) in [5, 5.41) is 3.37. The average molecular weight is 310 g/mol. The van der Waals surface area contributed by atoms with E-state index in [0.29, 0.717) is 0 Å². The molecule has 2 rings (SSSR count). The molecular weight excluding hydrogens is 299 g/mol. The molecule has 0 amide bonds. The number of halogens is 1. The number of anilines is 2. The van der Waals surface area contributed by atoms with E-state index in [1.165, 1.54) is 9.13 Å². The van der Waals surface area contributed by atoms with E-state index < -0.39 is 0 Å². The predicted octanol–water partition coefficient (Wildman–Crippen LogP) is 3.74. The van der Waals surface area contributed by atoms with Crippen molar-refractivity contribution in [2.24, 2.45) is 0 Å². The molecule has 1 aromatic carbocycles. The van der Waals surface area contributed by atoms with E-state index in [4.69, 9.17) is 0 Å². The molecule has 0 bridgehead atoms. The van der Waals surface area contributed by atoms with Crippen molar-refractivity contribution in [1.29, 1.82) is 0 Å². The van der Waals surface area contributed by atoms with Crippen molar-refractivity contribution in [3.63, 3.8) is 0 Å². The highest BCUT2D eigenvalue weighted by Crippen LogP contribution is 2.22. The Hall–Kier alpha value is -1.10. The summed E-state index contributed by atoms with van der Waals surface area (Å²) < 4.78 is 1.23. The van der Waals surface area contributed by atoms with Gasteiger partial charge in [-0.1, -0.05) is 6.07 Å². The number of benzene rings is 1. The first kappa shape index (κ1) is 10.4. The van der Waals surface area contributed by atoms with Crippen LogP contribution in [0.1, 0.15) is 5.56 Å². The molecule has 2 nitrogen and oxygen atoms in total. The number of nitrogens with zero attached hydrogens (tertiary/aromatic N) is 1. The zero-order chi connectivity index (χ0) is 10.7. The standard InChI is InChI=1S/C12H11IN2/c1-9-2-3-10(13)8-12(9)15-11-4-6-14-7-5-11/h2-8H,1H3,(H,14,15). The van der Waals surface area contributed by atoms with E-state index in [1.807, 2.05) is 12.1 Å². The van der Waals surface area contributed by atoms with Crippen molar-refractivity contribution in [1.82, 2.24) is 4.98 Å². The molecular formula is C12H11IN2. The van der Waals surface area contributed by atoms with Gasteiger partial charge in [-0.25, -0.2) is 0 Å². The maximum Gasteiger partial charge on any atom is 0.0424 e. The minimum Gasteiger partial charge on any atom is -0.355 e. The van der Waals surface area contributed by atoms with Gasteiger partial charge in [0.15, 0.2) is 0 Å². The number of aryl methyl sites for hydroxylation is 1. The Labute approximate surface area is 103 Å². The number of aromatic nitrogens is 1. The predicted molar refractivity (Wildman–Crippen MR) is 71.4 cm³/mol. The molecule has 0 spiro atoms. The molecule has 3 heteroatoms. The van der Waals surface area contributed by atoms with Crippen LogP contribution in [-0.4, -0.2) is 4.98 Å². The summed E-state index contributed by atoms with van der Waals surface area (Å²) in [7, 11) is 0. The third-order valence-electron chi connectivity index (χ3n) is 2.16. The van der Waals surface area contributed by atoms with Crippen molar-refractivity contribution < 1.29 is 0 Å². The largest absolute Gasteiger partial charge is 0.355 e. The van der Waals surface area contributed by atoms with Gasteiger partial charge in [-0.05, 0) is 59.3 Å². The normalized spacial score (nSPS) is 10.0. The Bertz CT molecular complexity index is 454. The lowest BCUT2D eigenvalue weighted by Crippen LogP contribution is -1.93. The lowest BCUT2D eigenvalue weighted by atomic mass is 10.2. The Balaban J connectivity index is 2.28. The Kier molecular flexibility index (Phi) is 3.20. The summed E-state index contributed by atoms with van der Waals surface area (Å²) in [6, 6.07) is 10.3. The highest BCUT2D eigenvalue weighted by Gasteiger charge is 1.99. The molecule has 0 saturated carbocycles. The van der Waals surface area contributed by atoms with Crippen LogP contribution < -0.4 is 5.32 Å². The van der Waals surface area contributed by atoms with Crippen LogP contribution in [-0.2, 0) is 0 Å². The van der Waals surface area contributed by atoms with Crippen molar-refractivity contribution in [2.75, 3.05) is 5.32 Å².